The lowest BCUT2D eigenvalue weighted by Gasteiger charge is -2.32. The van der Waals surface area contributed by atoms with E-state index in [1.54, 1.807) is 6.92 Å². The van der Waals surface area contributed by atoms with Crippen LogP contribution in [0.25, 0.3) is 0 Å². The van der Waals surface area contributed by atoms with Crippen LogP contribution >= 0.6 is 11.6 Å². The fourth-order valence-electron chi connectivity index (χ4n) is 2.09. The molecule has 0 aromatic carbocycles. The van der Waals surface area contributed by atoms with Crippen LogP contribution in [0, 0.1) is 5.92 Å². The van der Waals surface area contributed by atoms with Crippen molar-refractivity contribution >= 4 is 23.4 Å². The van der Waals surface area contributed by atoms with Crippen LogP contribution in [0.3, 0.4) is 0 Å². The highest BCUT2D eigenvalue weighted by molar-refractivity contribution is 6.30. The molecular weight excluding hydrogens is 252 g/mol. The van der Waals surface area contributed by atoms with Crippen molar-refractivity contribution < 1.29 is 9.59 Å². The number of hydrogen-bond acceptors (Lipinski definition) is 2. The van der Waals surface area contributed by atoms with E-state index in [0.717, 1.165) is 25.9 Å². The number of alkyl halides is 1. The van der Waals surface area contributed by atoms with Crippen molar-refractivity contribution in [3.8, 4) is 0 Å². The van der Waals surface area contributed by atoms with Gasteiger partial charge in [-0.2, -0.15) is 0 Å². The second kappa shape index (κ2) is 6.98. The smallest absolute Gasteiger partial charge is 0.245 e. The third-order valence-electron chi connectivity index (χ3n) is 3.26. The summed E-state index contributed by atoms with van der Waals surface area (Å²) in [4.78, 5) is 25.9. The zero-order valence-corrected chi connectivity index (χ0v) is 12.2. The topological polar surface area (TPSA) is 49.4 Å². The van der Waals surface area contributed by atoms with Gasteiger partial charge < -0.3 is 10.2 Å². The molecule has 1 saturated heterocycles. The van der Waals surface area contributed by atoms with Gasteiger partial charge in [-0.1, -0.05) is 13.8 Å². The van der Waals surface area contributed by atoms with E-state index in [9.17, 15) is 9.59 Å². The highest BCUT2D eigenvalue weighted by Crippen LogP contribution is 2.13. The Hall–Kier alpha value is -0.770. The molecule has 0 radical (unpaired) electrons. The number of carbonyl (C=O) groups is 2. The van der Waals surface area contributed by atoms with Crippen LogP contribution in [0.2, 0.25) is 0 Å². The van der Waals surface area contributed by atoms with Crippen LogP contribution in [0.15, 0.2) is 0 Å². The van der Waals surface area contributed by atoms with Crippen LogP contribution in [-0.2, 0) is 9.59 Å². The van der Waals surface area contributed by atoms with E-state index in [0.29, 0.717) is 0 Å². The zero-order chi connectivity index (χ0) is 13.7. The first-order valence-electron chi connectivity index (χ1n) is 6.66. The number of hydrogen-bond donors (Lipinski definition) is 1. The van der Waals surface area contributed by atoms with Gasteiger partial charge >= 0.3 is 0 Å². The quantitative estimate of drug-likeness (QED) is 0.795. The van der Waals surface area contributed by atoms with E-state index in [-0.39, 0.29) is 17.7 Å². The summed E-state index contributed by atoms with van der Waals surface area (Å²) in [7, 11) is 0. The lowest BCUT2D eigenvalue weighted by atomic mass is 10.0. The number of likely N-dealkylation sites (tertiary alicyclic amines) is 1. The highest BCUT2D eigenvalue weighted by atomic mass is 35.5. The molecule has 1 heterocycles. The maximum atomic E-state index is 12.4. The molecule has 0 aliphatic carbocycles. The van der Waals surface area contributed by atoms with Crippen LogP contribution in [-0.4, -0.2) is 41.2 Å². The third kappa shape index (κ3) is 4.16. The Morgan fingerprint density at radius 1 is 1.11 bits per heavy atom. The van der Waals surface area contributed by atoms with Gasteiger partial charge in [-0.05, 0) is 32.1 Å². The first-order chi connectivity index (χ1) is 8.43. The van der Waals surface area contributed by atoms with Crippen molar-refractivity contribution in [2.24, 2.45) is 5.92 Å². The van der Waals surface area contributed by atoms with E-state index in [2.05, 4.69) is 5.32 Å². The molecule has 0 aromatic heterocycles. The fraction of sp³-hybridized carbons (Fsp3) is 0.846. The summed E-state index contributed by atoms with van der Waals surface area (Å²) in [5.74, 6) is -0.185. The van der Waals surface area contributed by atoms with Gasteiger partial charge in [0.1, 0.15) is 11.4 Å². The monoisotopic (exact) mass is 274 g/mol. The first kappa shape index (κ1) is 15.3. The Balaban J connectivity index is 2.65. The standard InChI is InChI=1S/C13H23ClN2O2/c1-9(2)11(15-12(17)10(3)14)13(18)16-7-5-4-6-8-16/h9-11H,4-8H2,1-3H3,(H,15,17). The average molecular weight is 275 g/mol. The molecule has 104 valence electrons. The van der Waals surface area contributed by atoms with E-state index in [4.69, 9.17) is 11.6 Å². The number of nitrogens with zero attached hydrogens (tertiary/aromatic N) is 1. The number of carbonyl (C=O) groups excluding carboxylic acids is 2. The van der Waals surface area contributed by atoms with E-state index in [1.165, 1.54) is 6.42 Å². The average Bonchev–Trinajstić information content (AvgIpc) is 2.35. The molecule has 1 aliphatic heterocycles. The molecular formula is C13H23ClN2O2. The summed E-state index contributed by atoms with van der Waals surface area (Å²) < 4.78 is 0. The predicted molar refractivity (Wildman–Crippen MR) is 72.5 cm³/mol. The Bertz CT molecular complexity index is 299. The summed E-state index contributed by atoms with van der Waals surface area (Å²) in [5.41, 5.74) is 0. The molecule has 1 aliphatic rings. The van der Waals surface area contributed by atoms with Gasteiger partial charge in [-0.25, -0.2) is 0 Å². The Labute approximate surface area is 114 Å². The zero-order valence-electron chi connectivity index (χ0n) is 11.4. The van der Waals surface area contributed by atoms with Crippen molar-refractivity contribution in [3.63, 3.8) is 0 Å². The molecule has 1 N–H and O–H groups in total. The van der Waals surface area contributed by atoms with E-state index < -0.39 is 11.4 Å². The number of nitrogens with one attached hydrogen (secondary N) is 1. The molecule has 2 amide bonds. The van der Waals surface area contributed by atoms with Crippen molar-refractivity contribution in [3.05, 3.63) is 0 Å². The first-order valence-corrected chi connectivity index (χ1v) is 7.10. The molecule has 0 aromatic rings. The summed E-state index contributed by atoms with van der Waals surface area (Å²) >= 11 is 5.73. The van der Waals surface area contributed by atoms with Crippen molar-refractivity contribution in [1.82, 2.24) is 10.2 Å². The molecule has 0 bridgehead atoms. The van der Waals surface area contributed by atoms with Gasteiger partial charge in [0.05, 0.1) is 0 Å². The van der Waals surface area contributed by atoms with Crippen LogP contribution in [0.5, 0.6) is 0 Å². The molecule has 2 atom stereocenters. The molecule has 5 heteroatoms. The normalized spacial score (nSPS) is 19.5. The van der Waals surface area contributed by atoms with Gasteiger partial charge in [0.15, 0.2) is 0 Å². The maximum absolute atomic E-state index is 12.4. The van der Waals surface area contributed by atoms with Crippen LogP contribution in [0.1, 0.15) is 40.0 Å². The van der Waals surface area contributed by atoms with E-state index in [1.807, 2.05) is 18.7 Å². The minimum atomic E-state index is -0.611. The number of piperidine rings is 1. The molecule has 4 nitrogen and oxygen atoms in total. The second-order valence-corrected chi connectivity index (χ2v) is 5.89. The SMILES string of the molecule is CC(Cl)C(=O)NC(C(=O)N1CCCCC1)C(C)C. The van der Waals surface area contributed by atoms with Crippen molar-refractivity contribution in [2.75, 3.05) is 13.1 Å². The minimum absolute atomic E-state index is 0.0235. The Kier molecular flexibility index (Phi) is 5.93. The largest absolute Gasteiger partial charge is 0.343 e. The molecule has 0 spiro atoms. The Morgan fingerprint density at radius 3 is 2.11 bits per heavy atom. The van der Waals surface area contributed by atoms with Gasteiger partial charge in [0.2, 0.25) is 11.8 Å². The summed E-state index contributed by atoms with van der Waals surface area (Å²) in [6.45, 7) is 7.08. The van der Waals surface area contributed by atoms with E-state index >= 15 is 0 Å². The number of rotatable bonds is 4. The molecule has 0 saturated carbocycles. The second-order valence-electron chi connectivity index (χ2n) is 5.23. The number of amides is 2. The van der Waals surface area contributed by atoms with Gasteiger partial charge in [0.25, 0.3) is 0 Å². The van der Waals surface area contributed by atoms with Crippen molar-refractivity contribution in [1.29, 1.82) is 0 Å². The summed E-state index contributed by atoms with van der Waals surface area (Å²) in [5, 5.41) is 2.14. The molecule has 1 fully saturated rings. The lowest BCUT2D eigenvalue weighted by molar-refractivity contribution is -0.138. The molecule has 1 rings (SSSR count). The van der Waals surface area contributed by atoms with Gasteiger partial charge in [-0.3, -0.25) is 9.59 Å². The highest BCUT2D eigenvalue weighted by Gasteiger charge is 2.29. The summed E-state index contributed by atoms with van der Waals surface area (Å²) in [6.07, 6.45) is 3.29. The van der Waals surface area contributed by atoms with Gasteiger partial charge in [-0.15, -0.1) is 11.6 Å². The van der Waals surface area contributed by atoms with Gasteiger partial charge in [0, 0.05) is 13.1 Å². The fourth-order valence-corrected chi connectivity index (χ4v) is 2.16. The maximum Gasteiger partial charge on any atom is 0.245 e. The molecule has 18 heavy (non-hydrogen) atoms. The van der Waals surface area contributed by atoms with Crippen molar-refractivity contribution in [2.45, 2.75) is 51.5 Å². The summed E-state index contributed by atoms with van der Waals surface area (Å²) in [6, 6.07) is -0.461. The Morgan fingerprint density at radius 2 is 1.67 bits per heavy atom. The minimum Gasteiger partial charge on any atom is -0.343 e. The predicted octanol–water partition coefficient (Wildman–Crippen LogP) is 1.77. The third-order valence-corrected chi connectivity index (χ3v) is 3.46. The van der Waals surface area contributed by atoms with Crippen LogP contribution in [0.4, 0.5) is 0 Å². The van der Waals surface area contributed by atoms with Crippen LogP contribution < -0.4 is 5.32 Å². The number of halogens is 1. The molecule has 2 unspecified atom stereocenters. The lowest BCUT2D eigenvalue weighted by Crippen LogP contribution is -2.53.